The molecule has 0 radical (unpaired) electrons. The molecule has 0 aliphatic carbocycles. The van der Waals surface area contributed by atoms with Gasteiger partial charge in [-0.15, -0.1) is 0 Å². The standard InChI is InChI=1S/C14H18N4O3/c1-3-20-11-6-5-10(7-12(11)21-4-2)14(19)15-8-13-16-9-17-18-13/h5-7,9H,3-4,8H2,1-2H3,(H,15,19)(H,16,17,18). The van der Waals surface area contributed by atoms with Gasteiger partial charge in [-0.05, 0) is 32.0 Å². The normalized spacial score (nSPS) is 10.2. The summed E-state index contributed by atoms with van der Waals surface area (Å²) in [7, 11) is 0. The van der Waals surface area contributed by atoms with Crippen molar-refractivity contribution in [2.75, 3.05) is 13.2 Å². The highest BCUT2D eigenvalue weighted by atomic mass is 16.5. The highest BCUT2D eigenvalue weighted by molar-refractivity contribution is 5.94. The lowest BCUT2D eigenvalue weighted by Crippen LogP contribution is -2.23. The molecule has 1 heterocycles. The van der Waals surface area contributed by atoms with Crippen LogP contribution in [0.25, 0.3) is 0 Å². The minimum absolute atomic E-state index is 0.213. The third-order valence-corrected chi connectivity index (χ3v) is 2.69. The van der Waals surface area contributed by atoms with E-state index in [1.165, 1.54) is 6.33 Å². The number of ether oxygens (including phenoxy) is 2. The summed E-state index contributed by atoms with van der Waals surface area (Å²) in [6, 6.07) is 5.10. The van der Waals surface area contributed by atoms with E-state index >= 15 is 0 Å². The van der Waals surface area contributed by atoms with E-state index in [2.05, 4.69) is 20.5 Å². The molecule has 0 aliphatic rings. The second-order valence-corrected chi connectivity index (χ2v) is 4.14. The molecule has 1 amide bonds. The van der Waals surface area contributed by atoms with E-state index in [1.54, 1.807) is 18.2 Å². The van der Waals surface area contributed by atoms with Gasteiger partial charge in [-0.25, -0.2) is 4.98 Å². The van der Waals surface area contributed by atoms with E-state index in [-0.39, 0.29) is 12.5 Å². The Balaban J connectivity index is 2.07. The van der Waals surface area contributed by atoms with Crippen molar-refractivity contribution in [3.8, 4) is 11.5 Å². The number of amides is 1. The zero-order chi connectivity index (χ0) is 15.1. The molecule has 0 unspecified atom stereocenters. The lowest BCUT2D eigenvalue weighted by Gasteiger charge is -2.12. The van der Waals surface area contributed by atoms with Gasteiger partial charge in [0.2, 0.25) is 0 Å². The Labute approximate surface area is 122 Å². The molecule has 7 heteroatoms. The van der Waals surface area contributed by atoms with E-state index in [0.29, 0.717) is 36.1 Å². The molecule has 0 spiro atoms. The van der Waals surface area contributed by atoms with Crippen LogP contribution in [0.5, 0.6) is 11.5 Å². The summed E-state index contributed by atoms with van der Waals surface area (Å²) >= 11 is 0. The van der Waals surface area contributed by atoms with Crippen LogP contribution in [0.15, 0.2) is 24.5 Å². The number of rotatable bonds is 7. The van der Waals surface area contributed by atoms with Gasteiger partial charge in [0.25, 0.3) is 5.91 Å². The molecule has 7 nitrogen and oxygen atoms in total. The van der Waals surface area contributed by atoms with Crippen LogP contribution in [0.3, 0.4) is 0 Å². The highest BCUT2D eigenvalue weighted by Gasteiger charge is 2.11. The molecule has 0 saturated heterocycles. The predicted molar refractivity (Wildman–Crippen MR) is 76.3 cm³/mol. The fourth-order valence-electron chi connectivity index (χ4n) is 1.77. The Kier molecular flexibility index (Phi) is 5.14. The average Bonchev–Trinajstić information content (AvgIpc) is 3.00. The van der Waals surface area contributed by atoms with E-state index in [4.69, 9.17) is 9.47 Å². The molecule has 0 bridgehead atoms. The van der Waals surface area contributed by atoms with Gasteiger partial charge in [0.1, 0.15) is 12.2 Å². The number of hydrogen-bond donors (Lipinski definition) is 2. The van der Waals surface area contributed by atoms with Gasteiger partial charge in [-0.1, -0.05) is 0 Å². The van der Waals surface area contributed by atoms with E-state index < -0.39 is 0 Å². The van der Waals surface area contributed by atoms with Crippen molar-refractivity contribution in [3.05, 3.63) is 35.9 Å². The van der Waals surface area contributed by atoms with Crippen LogP contribution >= 0.6 is 0 Å². The maximum atomic E-state index is 12.1. The molecule has 0 atom stereocenters. The van der Waals surface area contributed by atoms with Crippen LogP contribution in [0.2, 0.25) is 0 Å². The van der Waals surface area contributed by atoms with Gasteiger partial charge in [-0.3, -0.25) is 9.89 Å². The monoisotopic (exact) mass is 290 g/mol. The Bertz CT molecular complexity index is 584. The quantitative estimate of drug-likeness (QED) is 0.807. The number of benzene rings is 1. The second-order valence-electron chi connectivity index (χ2n) is 4.14. The van der Waals surface area contributed by atoms with Crippen molar-refractivity contribution in [3.63, 3.8) is 0 Å². The Morgan fingerprint density at radius 1 is 1.24 bits per heavy atom. The molecule has 1 aromatic carbocycles. The lowest BCUT2D eigenvalue weighted by atomic mass is 10.2. The number of H-pyrrole nitrogens is 1. The summed E-state index contributed by atoms with van der Waals surface area (Å²) in [6.45, 7) is 5.11. The van der Waals surface area contributed by atoms with Gasteiger partial charge in [0, 0.05) is 5.56 Å². The minimum atomic E-state index is -0.213. The third kappa shape index (κ3) is 3.95. The van der Waals surface area contributed by atoms with E-state index in [9.17, 15) is 4.79 Å². The summed E-state index contributed by atoms with van der Waals surface area (Å²) < 4.78 is 11.0. The molecular formula is C14H18N4O3. The van der Waals surface area contributed by atoms with Crippen molar-refractivity contribution in [1.82, 2.24) is 20.5 Å². The number of carbonyl (C=O) groups excluding carboxylic acids is 1. The molecule has 0 aliphatic heterocycles. The van der Waals surface area contributed by atoms with Crippen molar-refractivity contribution in [2.45, 2.75) is 20.4 Å². The van der Waals surface area contributed by atoms with Crippen LogP contribution in [-0.2, 0) is 6.54 Å². The first-order chi connectivity index (χ1) is 10.2. The van der Waals surface area contributed by atoms with Crippen LogP contribution in [-0.4, -0.2) is 34.3 Å². The zero-order valence-corrected chi connectivity index (χ0v) is 12.0. The van der Waals surface area contributed by atoms with Crippen molar-refractivity contribution in [1.29, 1.82) is 0 Å². The highest BCUT2D eigenvalue weighted by Crippen LogP contribution is 2.28. The summed E-state index contributed by atoms with van der Waals surface area (Å²) in [5.74, 6) is 1.58. The Morgan fingerprint density at radius 3 is 2.67 bits per heavy atom. The average molecular weight is 290 g/mol. The van der Waals surface area contributed by atoms with E-state index in [0.717, 1.165) is 0 Å². The van der Waals surface area contributed by atoms with Gasteiger partial charge in [0.15, 0.2) is 11.5 Å². The number of hydrogen-bond acceptors (Lipinski definition) is 5. The first-order valence-electron chi connectivity index (χ1n) is 6.76. The summed E-state index contributed by atoms with van der Waals surface area (Å²) in [5.41, 5.74) is 0.501. The fraction of sp³-hybridized carbons (Fsp3) is 0.357. The minimum Gasteiger partial charge on any atom is -0.490 e. The van der Waals surface area contributed by atoms with Crippen LogP contribution in [0.1, 0.15) is 30.0 Å². The second kappa shape index (κ2) is 7.28. The molecule has 21 heavy (non-hydrogen) atoms. The number of nitrogens with zero attached hydrogens (tertiary/aromatic N) is 2. The SMILES string of the molecule is CCOc1ccc(C(=O)NCc2ncn[nH]2)cc1OCC. The van der Waals surface area contributed by atoms with Gasteiger partial charge >= 0.3 is 0 Å². The molecule has 2 aromatic rings. The topological polar surface area (TPSA) is 89.1 Å². The maximum absolute atomic E-state index is 12.1. The largest absolute Gasteiger partial charge is 0.490 e. The Hall–Kier alpha value is -2.57. The number of aromatic nitrogens is 3. The molecule has 2 N–H and O–H groups in total. The molecule has 112 valence electrons. The lowest BCUT2D eigenvalue weighted by molar-refractivity contribution is 0.0949. The maximum Gasteiger partial charge on any atom is 0.251 e. The molecule has 0 saturated carbocycles. The smallest absolute Gasteiger partial charge is 0.251 e. The molecule has 0 fully saturated rings. The van der Waals surface area contributed by atoms with Gasteiger partial charge in [0.05, 0.1) is 19.8 Å². The van der Waals surface area contributed by atoms with Crippen LogP contribution in [0.4, 0.5) is 0 Å². The van der Waals surface area contributed by atoms with Gasteiger partial charge in [-0.2, -0.15) is 5.10 Å². The first kappa shape index (κ1) is 14.8. The van der Waals surface area contributed by atoms with Crippen LogP contribution in [0, 0.1) is 0 Å². The fourth-order valence-corrected chi connectivity index (χ4v) is 1.77. The van der Waals surface area contributed by atoms with Crippen molar-refractivity contribution < 1.29 is 14.3 Å². The summed E-state index contributed by atoms with van der Waals surface area (Å²) in [6.07, 6.45) is 1.39. The van der Waals surface area contributed by atoms with Gasteiger partial charge < -0.3 is 14.8 Å². The van der Waals surface area contributed by atoms with E-state index in [1.807, 2.05) is 13.8 Å². The molecule has 2 rings (SSSR count). The molecular weight excluding hydrogens is 272 g/mol. The first-order valence-corrected chi connectivity index (χ1v) is 6.76. The number of carbonyl (C=O) groups is 1. The van der Waals surface area contributed by atoms with Crippen LogP contribution < -0.4 is 14.8 Å². The van der Waals surface area contributed by atoms with Crippen molar-refractivity contribution in [2.24, 2.45) is 0 Å². The number of nitrogens with one attached hydrogen (secondary N) is 2. The predicted octanol–water partition coefficient (Wildman–Crippen LogP) is 1.53. The Morgan fingerprint density at radius 2 is 2.00 bits per heavy atom. The third-order valence-electron chi connectivity index (χ3n) is 2.69. The summed E-state index contributed by atoms with van der Waals surface area (Å²) in [4.78, 5) is 16.0. The summed E-state index contributed by atoms with van der Waals surface area (Å²) in [5, 5.41) is 9.15. The molecule has 1 aromatic heterocycles. The zero-order valence-electron chi connectivity index (χ0n) is 12.0. The number of aromatic amines is 1. The van der Waals surface area contributed by atoms with Crippen molar-refractivity contribution >= 4 is 5.91 Å².